The smallest absolute Gasteiger partial charge is 0.262 e. The van der Waals surface area contributed by atoms with Gasteiger partial charge in [-0.1, -0.05) is 60.8 Å². The fourth-order valence-electron chi connectivity index (χ4n) is 5.06. The van der Waals surface area contributed by atoms with Gasteiger partial charge in [0.25, 0.3) is 11.5 Å². The average Bonchev–Trinajstić information content (AvgIpc) is 3.35. The summed E-state index contributed by atoms with van der Waals surface area (Å²) in [4.78, 5) is 39.7. The lowest BCUT2D eigenvalue weighted by atomic mass is 9.95. The van der Waals surface area contributed by atoms with Crippen molar-refractivity contribution in [2.75, 3.05) is 5.32 Å². The van der Waals surface area contributed by atoms with Crippen LogP contribution in [0, 0.1) is 0 Å². The molecule has 0 bridgehead atoms. The number of carbonyl (C=O) groups is 1. The molecular formula is C29H26ClN5O2S. The van der Waals surface area contributed by atoms with Gasteiger partial charge < -0.3 is 10.3 Å². The van der Waals surface area contributed by atoms with E-state index in [2.05, 4.69) is 15.3 Å². The zero-order chi connectivity index (χ0) is 26.1. The molecule has 3 aromatic carbocycles. The first-order valence-corrected chi connectivity index (χ1v) is 14.1. The number of thioether (sulfide) groups is 1. The number of para-hydroxylation sites is 2. The number of aromatic amines is 1. The van der Waals surface area contributed by atoms with Gasteiger partial charge in [0, 0.05) is 22.3 Å². The van der Waals surface area contributed by atoms with E-state index in [4.69, 9.17) is 16.6 Å². The van der Waals surface area contributed by atoms with Gasteiger partial charge in [0.15, 0.2) is 5.16 Å². The molecule has 38 heavy (non-hydrogen) atoms. The Labute approximate surface area is 228 Å². The van der Waals surface area contributed by atoms with Crippen LogP contribution in [-0.2, 0) is 5.75 Å². The second kappa shape index (κ2) is 10.6. The summed E-state index contributed by atoms with van der Waals surface area (Å²) in [7, 11) is 0. The van der Waals surface area contributed by atoms with Crippen molar-refractivity contribution in [2.24, 2.45) is 0 Å². The molecule has 2 heterocycles. The summed E-state index contributed by atoms with van der Waals surface area (Å²) in [6.07, 6.45) is 5.33. The van der Waals surface area contributed by atoms with E-state index in [-0.39, 0.29) is 17.5 Å². The number of anilines is 1. The molecular weight excluding hydrogens is 518 g/mol. The van der Waals surface area contributed by atoms with Gasteiger partial charge in [-0.25, -0.2) is 9.97 Å². The molecule has 1 saturated carbocycles. The number of halogens is 1. The van der Waals surface area contributed by atoms with Crippen LogP contribution < -0.4 is 10.9 Å². The van der Waals surface area contributed by atoms with Crippen molar-refractivity contribution in [1.82, 2.24) is 19.5 Å². The summed E-state index contributed by atoms with van der Waals surface area (Å²) in [5, 5.41) is 4.57. The van der Waals surface area contributed by atoms with Crippen molar-refractivity contribution < 1.29 is 4.79 Å². The van der Waals surface area contributed by atoms with Gasteiger partial charge in [-0.3, -0.25) is 14.2 Å². The second-order valence-corrected chi connectivity index (χ2v) is 10.9. The van der Waals surface area contributed by atoms with Gasteiger partial charge in [0.2, 0.25) is 0 Å². The van der Waals surface area contributed by atoms with Crippen LogP contribution in [0.25, 0.3) is 21.9 Å². The van der Waals surface area contributed by atoms with Gasteiger partial charge >= 0.3 is 0 Å². The number of amides is 1. The van der Waals surface area contributed by atoms with E-state index in [1.807, 2.05) is 28.8 Å². The highest BCUT2D eigenvalue weighted by molar-refractivity contribution is 7.98. The van der Waals surface area contributed by atoms with Gasteiger partial charge in [-0.15, -0.1) is 0 Å². The molecule has 6 rings (SSSR count). The topological polar surface area (TPSA) is 92.7 Å². The van der Waals surface area contributed by atoms with E-state index < -0.39 is 0 Å². The molecule has 2 N–H and O–H groups in total. The Balaban J connectivity index is 1.36. The molecule has 192 valence electrons. The molecule has 1 aliphatic carbocycles. The molecule has 0 spiro atoms. The van der Waals surface area contributed by atoms with Gasteiger partial charge in [-0.05, 0) is 61.4 Å². The minimum atomic E-state index is -0.288. The molecule has 1 aliphatic rings. The molecule has 0 unspecified atom stereocenters. The predicted molar refractivity (Wildman–Crippen MR) is 153 cm³/mol. The van der Waals surface area contributed by atoms with Crippen molar-refractivity contribution in [3.8, 4) is 0 Å². The molecule has 0 aliphatic heterocycles. The van der Waals surface area contributed by atoms with E-state index in [9.17, 15) is 9.59 Å². The fraction of sp³-hybridized carbons (Fsp3) is 0.241. The van der Waals surface area contributed by atoms with Crippen LogP contribution in [-0.4, -0.2) is 25.4 Å². The Morgan fingerprint density at radius 3 is 2.66 bits per heavy atom. The zero-order valence-electron chi connectivity index (χ0n) is 20.6. The Morgan fingerprint density at radius 2 is 1.84 bits per heavy atom. The molecule has 2 aromatic heterocycles. The van der Waals surface area contributed by atoms with Crippen molar-refractivity contribution in [2.45, 2.75) is 49.1 Å². The Kier molecular flexibility index (Phi) is 6.91. The van der Waals surface area contributed by atoms with Gasteiger partial charge in [0.05, 0.1) is 27.7 Å². The Morgan fingerprint density at radius 1 is 1.00 bits per heavy atom. The minimum Gasteiger partial charge on any atom is -0.341 e. The zero-order valence-corrected chi connectivity index (χ0v) is 22.2. The highest BCUT2D eigenvalue weighted by Gasteiger charge is 2.23. The van der Waals surface area contributed by atoms with Crippen LogP contribution >= 0.6 is 23.4 Å². The first-order valence-electron chi connectivity index (χ1n) is 12.7. The molecule has 0 radical (unpaired) electrons. The summed E-state index contributed by atoms with van der Waals surface area (Å²) < 4.78 is 1.88. The predicted octanol–water partition coefficient (Wildman–Crippen LogP) is 6.98. The maximum absolute atomic E-state index is 13.8. The number of rotatable bonds is 6. The number of hydrogen-bond donors (Lipinski definition) is 2. The number of nitrogens with zero attached hydrogens (tertiary/aromatic N) is 3. The van der Waals surface area contributed by atoms with Crippen molar-refractivity contribution in [3.63, 3.8) is 0 Å². The summed E-state index contributed by atoms with van der Waals surface area (Å²) >= 11 is 7.56. The number of H-pyrrole nitrogens is 1. The van der Waals surface area contributed by atoms with Crippen LogP contribution in [0.5, 0.6) is 0 Å². The van der Waals surface area contributed by atoms with Crippen LogP contribution in [0.15, 0.2) is 76.7 Å². The van der Waals surface area contributed by atoms with Crippen molar-refractivity contribution in [3.05, 3.63) is 93.5 Å². The summed E-state index contributed by atoms with van der Waals surface area (Å²) in [6.45, 7) is 0. The van der Waals surface area contributed by atoms with Crippen LogP contribution in [0.2, 0.25) is 5.02 Å². The monoisotopic (exact) mass is 543 g/mol. The molecule has 1 amide bonds. The van der Waals surface area contributed by atoms with Gasteiger partial charge in [-0.2, -0.15) is 0 Å². The number of carbonyl (C=O) groups excluding carboxylic acids is 1. The first-order chi connectivity index (χ1) is 18.5. The largest absolute Gasteiger partial charge is 0.341 e. The number of hydrogen-bond acceptors (Lipinski definition) is 5. The van der Waals surface area contributed by atoms with Gasteiger partial charge in [0.1, 0.15) is 5.82 Å². The lowest BCUT2D eigenvalue weighted by Crippen LogP contribution is -2.29. The number of benzene rings is 3. The molecule has 9 heteroatoms. The normalized spacial score (nSPS) is 14.2. The molecule has 1 fully saturated rings. The molecule has 5 aromatic rings. The Hall–Kier alpha value is -3.62. The maximum Gasteiger partial charge on any atom is 0.262 e. The molecule has 0 saturated heterocycles. The maximum atomic E-state index is 13.8. The molecule has 7 nitrogen and oxygen atoms in total. The SMILES string of the molecule is O=C(Nc1cccc(Cl)c1)c1ccc2c(=O)n(C3CCCCC3)c(SCc3nc4ccccc4[nH]3)nc2c1. The molecule has 0 atom stereocenters. The quantitative estimate of drug-likeness (QED) is 0.178. The summed E-state index contributed by atoms with van der Waals surface area (Å²) in [5.74, 6) is 1.09. The first kappa shape index (κ1) is 24.7. The fourth-order valence-corrected chi connectivity index (χ4v) is 6.19. The van der Waals surface area contributed by atoms with E-state index in [0.29, 0.717) is 38.1 Å². The summed E-state index contributed by atoms with van der Waals surface area (Å²) in [6, 6.07) is 20.1. The third-order valence-corrected chi connectivity index (χ3v) is 8.13. The van der Waals surface area contributed by atoms with E-state index in [1.54, 1.807) is 42.5 Å². The number of nitrogens with one attached hydrogen (secondary N) is 2. The van der Waals surface area contributed by atoms with E-state index in [1.165, 1.54) is 18.2 Å². The van der Waals surface area contributed by atoms with Crippen molar-refractivity contribution >= 4 is 56.9 Å². The lowest BCUT2D eigenvalue weighted by molar-refractivity contribution is 0.102. The minimum absolute atomic E-state index is 0.0594. The van der Waals surface area contributed by atoms with Crippen LogP contribution in [0.4, 0.5) is 5.69 Å². The van der Waals surface area contributed by atoms with Crippen LogP contribution in [0.3, 0.4) is 0 Å². The highest BCUT2D eigenvalue weighted by Crippen LogP contribution is 2.32. The second-order valence-electron chi connectivity index (χ2n) is 9.55. The standard InChI is InChI=1S/C29H26ClN5O2S/c30-19-7-6-8-20(16-19)31-27(36)18-13-14-22-25(15-18)34-29(35(28(22)37)21-9-2-1-3-10-21)38-17-26-32-23-11-4-5-12-24(23)33-26/h4-8,11-16,21H,1-3,9-10,17H2,(H,31,36)(H,32,33). The third-order valence-electron chi connectivity index (χ3n) is 6.93. The highest BCUT2D eigenvalue weighted by atomic mass is 35.5. The van der Waals surface area contributed by atoms with E-state index >= 15 is 0 Å². The number of aromatic nitrogens is 4. The number of imidazole rings is 1. The third kappa shape index (κ3) is 5.06. The Bertz CT molecular complexity index is 1670. The average molecular weight is 544 g/mol. The number of fused-ring (bicyclic) bond motifs is 2. The summed E-state index contributed by atoms with van der Waals surface area (Å²) in [5.41, 5.74) is 3.37. The van der Waals surface area contributed by atoms with Crippen LogP contribution in [0.1, 0.15) is 54.3 Å². The van der Waals surface area contributed by atoms with E-state index in [0.717, 1.165) is 42.5 Å². The lowest BCUT2D eigenvalue weighted by Gasteiger charge is -2.26. The van der Waals surface area contributed by atoms with Crippen molar-refractivity contribution in [1.29, 1.82) is 0 Å².